The third-order valence-corrected chi connectivity index (χ3v) is 3.07. The molecule has 1 aromatic rings. The lowest BCUT2D eigenvalue weighted by Gasteiger charge is -2.18. The van der Waals surface area contributed by atoms with E-state index in [0.717, 1.165) is 24.1 Å². The van der Waals surface area contributed by atoms with Crippen LogP contribution in [-0.4, -0.2) is 30.7 Å². The van der Waals surface area contributed by atoms with Crippen LogP contribution in [-0.2, 0) is 4.79 Å². The fraction of sp³-hybridized carbons (Fsp3) is 0.467. The predicted octanol–water partition coefficient (Wildman–Crippen LogP) is 2.79. The second-order valence-corrected chi connectivity index (χ2v) is 4.83. The summed E-state index contributed by atoms with van der Waals surface area (Å²) in [7, 11) is 1.73. The van der Waals surface area contributed by atoms with E-state index in [9.17, 15) is 9.59 Å². The van der Waals surface area contributed by atoms with Crippen LogP contribution >= 0.6 is 0 Å². The van der Waals surface area contributed by atoms with E-state index in [-0.39, 0.29) is 12.5 Å². The third kappa shape index (κ3) is 5.73. The molecular weight excluding hydrogens is 256 g/mol. The molecule has 0 radical (unpaired) electrons. The zero-order valence-corrected chi connectivity index (χ0v) is 12.1. The Kier molecular flexibility index (Phi) is 6.56. The van der Waals surface area contributed by atoms with Crippen molar-refractivity contribution >= 4 is 17.7 Å². The molecule has 0 saturated carbocycles. The van der Waals surface area contributed by atoms with Gasteiger partial charge >= 0.3 is 12.0 Å². The van der Waals surface area contributed by atoms with Gasteiger partial charge in [-0.3, -0.25) is 9.69 Å². The second kappa shape index (κ2) is 8.19. The van der Waals surface area contributed by atoms with Gasteiger partial charge in [-0.1, -0.05) is 24.1 Å². The number of aliphatic carboxylic acids is 1. The normalized spacial score (nSPS) is 10.1. The number of hydrogen-bond donors (Lipinski definition) is 2. The number of carboxylic acids is 1. The van der Waals surface area contributed by atoms with E-state index < -0.39 is 5.97 Å². The molecule has 0 saturated heterocycles. The van der Waals surface area contributed by atoms with E-state index >= 15 is 0 Å². The van der Waals surface area contributed by atoms with Crippen LogP contribution in [0.2, 0.25) is 0 Å². The smallest absolute Gasteiger partial charge is 0.321 e. The fourth-order valence-electron chi connectivity index (χ4n) is 1.78. The van der Waals surface area contributed by atoms with Gasteiger partial charge in [-0.2, -0.15) is 0 Å². The SMILES string of the molecule is Cc1ccc(N(C)C(=O)NCCCCCC(=O)O)cc1. The molecule has 0 aliphatic rings. The zero-order chi connectivity index (χ0) is 15.0. The zero-order valence-electron chi connectivity index (χ0n) is 12.1. The van der Waals surface area contributed by atoms with Gasteiger partial charge in [-0.05, 0) is 31.9 Å². The van der Waals surface area contributed by atoms with Crippen molar-refractivity contribution in [2.75, 3.05) is 18.5 Å². The molecular formula is C15H22N2O3. The van der Waals surface area contributed by atoms with Crippen LogP contribution in [0.25, 0.3) is 0 Å². The highest BCUT2D eigenvalue weighted by Gasteiger charge is 2.09. The highest BCUT2D eigenvalue weighted by Crippen LogP contribution is 2.13. The molecule has 2 amide bonds. The number of benzene rings is 1. The molecule has 0 aliphatic carbocycles. The first-order valence-electron chi connectivity index (χ1n) is 6.80. The Morgan fingerprint density at radius 2 is 1.80 bits per heavy atom. The van der Waals surface area contributed by atoms with E-state index in [1.807, 2.05) is 31.2 Å². The van der Waals surface area contributed by atoms with Crippen LogP contribution in [0, 0.1) is 6.92 Å². The van der Waals surface area contributed by atoms with E-state index in [1.54, 1.807) is 11.9 Å². The molecule has 20 heavy (non-hydrogen) atoms. The Balaban J connectivity index is 2.25. The van der Waals surface area contributed by atoms with Crippen LogP contribution in [0.15, 0.2) is 24.3 Å². The Labute approximate surface area is 119 Å². The van der Waals surface area contributed by atoms with Crippen molar-refractivity contribution in [1.82, 2.24) is 5.32 Å². The number of hydrogen-bond acceptors (Lipinski definition) is 2. The summed E-state index contributed by atoms with van der Waals surface area (Å²) >= 11 is 0. The van der Waals surface area contributed by atoms with Gasteiger partial charge < -0.3 is 10.4 Å². The molecule has 2 N–H and O–H groups in total. The van der Waals surface area contributed by atoms with Gasteiger partial charge in [0, 0.05) is 25.7 Å². The minimum Gasteiger partial charge on any atom is -0.481 e. The number of aryl methyl sites for hydroxylation is 1. The van der Waals surface area contributed by atoms with Gasteiger partial charge in [0.25, 0.3) is 0 Å². The number of carboxylic acid groups (broad SMARTS) is 1. The Bertz CT molecular complexity index is 443. The number of nitrogens with zero attached hydrogens (tertiary/aromatic N) is 1. The summed E-state index contributed by atoms with van der Waals surface area (Å²) in [4.78, 5) is 23.8. The fourth-order valence-corrected chi connectivity index (χ4v) is 1.78. The minimum absolute atomic E-state index is 0.146. The molecule has 5 nitrogen and oxygen atoms in total. The van der Waals surface area contributed by atoms with Crippen LogP contribution < -0.4 is 10.2 Å². The molecule has 1 aromatic carbocycles. The van der Waals surface area contributed by atoms with Gasteiger partial charge in [0.1, 0.15) is 0 Å². The molecule has 0 heterocycles. The standard InChI is InChI=1S/C15H22N2O3/c1-12-7-9-13(10-8-12)17(2)15(20)16-11-5-3-4-6-14(18)19/h7-10H,3-6,11H2,1-2H3,(H,16,20)(H,18,19). The first-order valence-corrected chi connectivity index (χ1v) is 6.80. The maximum Gasteiger partial charge on any atom is 0.321 e. The van der Waals surface area contributed by atoms with Crippen molar-refractivity contribution in [2.24, 2.45) is 0 Å². The van der Waals surface area contributed by atoms with Crippen molar-refractivity contribution in [3.05, 3.63) is 29.8 Å². The summed E-state index contributed by atoms with van der Waals surface area (Å²) in [6, 6.07) is 7.59. The summed E-state index contributed by atoms with van der Waals surface area (Å²) in [5.74, 6) is -0.770. The Morgan fingerprint density at radius 1 is 1.15 bits per heavy atom. The summed E-state index contributed by atoms with van der Waals surface area (Å²) in [5, 5.41) is 11.3. The lowest BCUT2D eigenvalue weighted by molar-refractivity contribution is -0.137. The van der Waals surface area contributed by atoms with Crippen LogP contribution in [0.3, 0.4) is 0 Å². The van der Waals surface area contributed by atoms with Crippen molar-refractivity contribution < 1.29 is 14.7 Å². The first kappa shape index (κ1) is 16.0. The molecule has 0 spiro atoms. The maximum absolute atomic E-state index is 11.9. The monoisotopic (exact) mass is 278 g/mol. The number of carbonyl (C=O) groups is 2. The summed E-state index contributed by atoms with van der Waals surface area (Å²) in [6.45, 7) is 2.57. The molecule has 0 bridgehead atoms. The van der Waals surface area contributed by atoms with E-state index in [0.29, 0.717) is 13.0 Å². The third-order valence-electron chi connectivity index (χ3n) is 3.07. The number of urea groups is 1. The number of amides is 2. The topological polar surface area (TPSA) is 69.6 Å². The van der Waals surface area contributed by atoms with Gasteiger partial charge in [0.15, 0.2) is 0 Å². The van der Waals surface area contributed by atoms with Gasteiger partial charge in [0.05, 0.1) is 0 Å². The summed E-state index contributed by atoms with van der Waals surface area (Å²) in [5.41, 5.74) is 2.00. The number of nitrogens with one attached hydrogen (secondary N) is 1. The van der Waals surface area contributed by atoms with Crippen LogP contribution in [0.5, 0.6) is 0 Å². The molecule has 5 heteroatoms. The molecule has 0 aliphatic heterocycles. The minimum atomic E-state index is -0.770. The quantitative estimate of drug-likeness (QED) is 0.753. The van der Waals surface area contributed by atoms with Gasteiger partial charge in [-0.25, -0.2) is 4.79 Å². The number of anilines is 1. The Morgan fingerprint density at radius 3 is 2.40 bits per heavy atom. The molecule has 110 valence electrons. The highest BCUT2D eigenvalue weighted by molar-refractivity contribution is 5.91. The average molecular weight is 278 g/mol. The second-order valence-electron chi connectivity index (χ2n) is 4.83. The lowest BCUT2D eigenvalue weighted by Crippen LogP contribution is -2.37. The highest BCUT2D eigenvalue weighted by atomic mass is 16.4. The molecule has 1 rings (SSSR count). The van der Waals surface area contributed by atoms with Gasteiger partial charge in [-0.15, -0.1) is 0 Å². The first-order chi connectivity index (χ1) is 9.50. The maximum atomic E-state index is 11.9. The van der Waals surface area contributed by atoms with Crippen molar-refractivity contribution in [2.45, 2.75) is 32.6 Å². The van der Waals surface area contributed by atoms with Crippen LogP contribution in [0.1, 0.15) is 31.2 Å². The predicted molar refractivity (Wildman–Crippen MR) is 79.1 cm³/mol. The Hall–Kier alpha value is -2.04. The molecule has 0 fully saturated rings. The summed E-state index contributed by atoms with van der Waals surface area (Å²) < 4.78 is 0. The summed E-state index contributed by atoms with van der Waals surface area (Å²) in [6.07, 6.45) is 2.44. The van der Waals surface area contributed by atoms with Gasteiger partial charge in [0.2, 0.25) is 0 Å². The molecule has 0 atom stereocenters. The molecule has 0 unspecified atom stereocenters. The molecule has 0 aromatic heterocycles. The van der Waals surface area contributed by atoms with Crippen molar-refractivity contribution in [3.8, 4) is 0 Å². The largest absolute Gasteiger partial charge is 0.481 e. The van der Waals surface area contributed by atoms with Crippen LogP contribution in [0.4, 0.5) is 10.5 Å². The number of unbranched alkanes of at least 4 members (excludes halogenated alkanes) is 2. The number of rotatable bonds is 7. The average Bonchev–Trinajstić information content (AvgIpc) is 2.42. The van der Waals surface area contributed by atoms with Crippen molar-refractivity contribution in [3.63, 3.8) is 0 Å². The lowest BCUT2D eigenvalue weighted by atomic mass is 10.2. The van der Waals surface area contributed by atoms with E-state index in [1.165, 1.54) is 0 Å². The number of carbonyl (C=O) groups excluding carboxylic acids is 1. The van der Waals surface area contributed by atoms with E-state index in [2.05, 4.69) is 5.32 Å². The van der Waals surface area contributed by atoms with Crippen molar-refractivity contribution in [1.29, 1.82) is 0 Å². The van der Waals surface area contributed by atoms with E-state index in [4.69, 9.17) is 5.11 Å².